The lowest BCUT2D eigenvalue weighted by Gasteiger charge is -2.23. The van der Waals surface area contributed by atoms with Gasteiger partial charge in [-0.2, -0.15) is 4.98 Å². The van der Waals surface area contributed by atoms with Gasteiger partial charge in [0, 0.05) is 24.2 Å². The van der Waals surface area contributed by atoms with E-state index >= 15 is 0 Å². The van der Waals surface area contributed by atoms with Crippen molar-refractivity contribution in [2.45, 2.75) is 13.0 Å². The maximum atomic E-state index is 12.7. The van der Waals surface area contributed by atoms with E-state index < -0.39 is 0 Å². The van der Waals surface area contributed by atoms with E-state index in [2.05, 4.69) is 10.3 Å². The van der Waals surface area contributed by atoms with Gasteiger partial charge in [-0.3, -0.25) is 4.57 Å². The molecular formula is C22H23N3O5. The number of rotatable bonds is 6. The highest BCUT2D eigenvalue weighted by atomic mass is 16.5. The fourth-order valence-corrected chi connectivity index (χ4v) is 3.65. The highest BCUT2D eigenvalue weighted by Gasteiger charge is 2.22. The number of hydrogen-bond acceptors (Lipinski definition) is 7. The van der Waals surface area contributed by atoms with Gasteiger partial charge in [0.25, 0.3) is 0 Å². The van der Waals surface area contributed by atoms with E-state index in [0.29, 0.717) is 47.5 Å². The zero-order valence-corrected chi connectivity index (χ0v) is 17.3. The topological polar surface area (TPSA) is 83.8 Å². The van der Waals surface area contributed by atoms with Crippen molar-refractivity contribution >= 4 is 11.5 Å². The Labute approximate surface area is 174 Å². The normalized spacial score (nSPS) is 11.9. The number of hydrogen-bond donors (Lipinski definition) is 1. The fraction of sp³-hybridized carbons (Fsp3) is 0.273. The molecule has 30 heavy (non-hydrogen) atoms. The summed E-state index contributed by atoms with van der Waals surface area (Å²) in [4.78, 5) is 16.9. The molecule has 1 aromatic heterocycles. The molecule has 3 aromatic rings. The van der Waals surface area contributed by atoms with Crippen LogP contribution in [-0.2, 0) is 13.0 Å². The molecule has 0 saturated carbocycles. The molecule has 0 bridgehead atoms. The van der Waals surface area contributed by atoms with Crippen molar-refractivity contribution in [2.24, 2.45) is 0 Å². The van der Waals surface area contributed by atoms with Crippen LogP contribution >= 0.6 is 0 Å². The minimum Gasteiger partial charge on any atom is -0.497 e. The number of benzene rings is 2. The summed E-state index contributed by atoms with van der Waals surface area (Å²) in [5.41, 5.74) is 3.14. The van der Waals surface area contributed by atoms with Crippen LogP contribution in [0, 0.1) is 0 Å². The van der Waals surface area contributed by atoms with Gasteiger partial charge >= 0.3 is 5.69 Å². The molecule has 1 N–H and O–H groups in total. The van der Waals surface area contributed by atoms with Crippen LogP contribution in [0.5, 0.6) is 23.0 Å². The van der Waals surface area contributed by atoms with Gasteiger partial charge in [0.2, 0.25) is 0 Å². The molecule has 0 aliphatic carbocycles. The lowest BCUT2D eigenvalue weighted by atomic mass is 9.97. The molecule has 0 atom stereocenters. The van der Waals surface area contributed by atoms with Crippen LogP contribution in [0.2, 0.25) is 0 Å². The first-order valence-electron chi connectivity index (χ1n) is 9.44. The van der Waals surface area contributed by atoms with Gasteiger partial charge in [0.15, 0.2) is 11.5 Å². The number of aromatic nitrogens is 2. The van der Waals surface area contributed by atoms with Gasteiger partial charge in [-0.1, -0.05) is 0 Å². The second-order valence-corrected chi connectivity index (χ2v) is 6.77. The number of aryl methyl sites for hydroxylation is 1. The van der Waals surface area contributed by atoms with Gasteiger partial charge in [-0.15, -0.1) is 0 Å². The number of nitrogens with one attached hydrogen (secondary N) is 1. The molecule has 2 heterocycles. The summed E-state index contributed by atoms with van der Waals surface area (Å²) in [5.74, 6) is 2.96. The zero-order valence-electron chi connectivity index (χ0n) is 17.3. The fourth-order valence-electron chi connectivity index (χ4n) is 3.65. The Balaban J connectivity index is 1.79. The molecular weight excluding hydrogens is 386 g/mol. The van der Waals surface area contributed by atoms with Crippen molar-refractivity contribution in [3.05, 3.63) is 52.4 Å². The quantitative estimate of drug-likeness (QED) is 0.669. The lowest BCUT2D eigenvalue weighted by Crippen LogP contribution is -2.28. The van der Waals surface area contributed by atoms with Crippen LogP contribution in [-0.4, -0.2) is 38.0 Å². The van der Waals surface area contributed by atoms with E-state index in [1.165, 1.54) is 0 Å². The largest absolute Gasteiger partial charge is 0.497 e. The third-order valence-corrected chi connectivity index (χ3v) is 5.17. The first kappa shape index (κ1) is 19.6. The Morgan fingerprint density at radius 3 is 2.33 bits per heavy atom. The van der Waals surface area contributed by atoms with Gasteiger partial charge in [-0.25, -0.2) is 4.79 Å². The third kappa shape index (κ3) is 3.41. The van der Waals surface area contributed by atoms with Crippen LogP contribution in [0.15, 0.2) is 41.2 Å². The van der Waals surface area contributed by atoms with E-state index in [9.17, 15) is 4.79 Å². The zero-order chi connectivity index (χ0) is 21.3. The van der Waals surface area contributed by atoms with Crippen LogP contribution in [0.4, 0.5) is 11.5 Å². The summed E-state index contributed by atoms with van der Waals surface area (Å²) >= 11 is 0. The summed E-state index contributed by atoms with van der Waals surface area (Å²) in [6, 6.07) is 11.1. The summed E-state index contributed by atoms with van der Waals surface area (Å²) in [7, 11) is 6.37. The number of ether oxygens (including phenoxy) is 4. The van der Waals surface area contributed by atoms with E-state index in [1.54, 1.807) is 39.1 Å². The standard InChI is InChI=1S/C22H23N3O5/c1-27-14-5-6-16(18(10-14)28-2)23-21-12-17-15-11-20(30-4)19(29-3)9-13(15)7-8-25(17)22(26)24-21/h5-6,9-12H,7-8H2,1-4H3,(H,23,24,26). The molecule has 2 aromatic carbocycles. The highest BCUT2D eigenvalue weighted by Crippen LogP contribution is 2.39. The Bertz CT molecular complexity index is 1160. The van der Waals surface area contributed by atoms with Crippen molar-refractivity contribution in [1.29, 1.82) is 0 Å². The van der Waals surface area contributed by atoms with E-state index in [0.717, 1.165) is 16.8 Å². The summed E-state index contributed by atoms with van der Waals surface area (Å²) < 4.78 is 23.2. The van der Waals surface area contributed by atoms with Crippen molar-refractivity contribution in [2.75, 3.05) is 33.8 Å². The number of anilines is 2. The molecule has 4 rings (SSSR count). The number of nitrogens with zero attached hydrogens (tertiary/aromatic N) is 2. The van der Waals surface area contributed by atoms with E-state index in [1.807, 2.05) is 30.3 Å². The van der Waals surface area contributed by atoms with Gasteiger partial charge in [0.1, 0.15) is 17.3 Å². The Morgan fingerprint density at radius 2 is 1.63 bits per heavy atom. The lowest BCUT2D eigenvalue weighted by molar-refractivity contribution is 0.354. The number of fused-ring (bicyclic) bond motifs is 3. The second kappa shape index (κ2) is 7.98. The van der Waals surface area contributed by atoms with E-state index in [4.69, 9.17) is 18.9 Å². The predicted molar refractivity (Wildman–Crippen MR) is 114 cm³/mol. The molecule has 0 spiro atoms. The van der Waals surface area contributed by atoms with Crippen LogP contribution in [0.3, 0.4) is 0 Å². The maximum Gasteiger partial charge on any atom is 0.350 e. The molecule has 0 unspecified atom stereocenters. The first-order valence-corrected chi connectivity index (χ1v) is 9.44. The Morgan fingerprint density at radius 1 is 0.900 bits per heavy atom. The maximum absolute atomic E-state index is 12.7. The van der Waals surface area contributed by atoms with Gasteiger partial charge in [-0.05, 0) is 36.2 Å². The van der Waals surface area contributed by atoms with Crippen LogP contribution in [0.25, 0.3) is 11.3 Å². The van der Waals surface area contributed by atoms with E-state index in [-0.39, 0.29) is 5.69 Å². The molecule has 0 amide bonds. The first-order chi connectivity index (χ1) is 14.6. The van der Waals surface area contributed by atoms with Crippen molar-refractivity contribution < 1.29 is 18.9 Å². The average molecular weight is 409 g/mol. The number of methoxy groups -OCH3 is 4. The molecule has 0 saturated heterocycles. The second-order valence-electron chi connectivity index (χ2n) is 6.77. The SMILES string of the molecule is COc1ccc(Nc2cc3n(c(=O)n2)CCc2cc(OC)c(OC)cc2-3)c(OC)c1. The predicted octanol–water partition coefficient (Wildman–Crippen LogP) is 3.24. The third-order valence-electron chi connectivity index (χ3n) is 5.17. The molecule has 8 nitrogen and oxygen atoms in total. The van der Waals surface area contributed by atoms with Crippen molar-refractivity contribution in [1.82, 2.24) is 9.55 Å². The van der Waals surface area contributed by atoms with Crippen LogP contribution in [0.1, 0.15) is 5.56 Å². The summed E-state index contributed by atoms with van der Waals surface area (Å²) in [5, 5.41) is 3.19. The van der Waals surface area contributed by atoms with Crippen LogP contribution < -0.4 is 30.0 Å². The van der Waals surface area contributed by atoms with Crippen molar-refractivity contribution in [3.8, 4) is 34.3 Å². The summed E-state index contributed by atoms with van der Waals surface area (Å²) in [6.07, 6.45) is 0.712. The summed E-state index contributed by atoms with van der Waals surface area (Å²) in [6.45, 7) is 0.551. The molecule has 156 valence electrons. The molecule has 0 fully saturated rings. The molecule has 1 aliphatic rings. The smallest absolute Gasteiger partial charge is 0.350 e. The van der Waals surface area contributed by atoms with Crippen molar-refractivity contribution in [3.63, 3.8) is 0 Å². The average Bonchev–Trinajstić information content (AvgIpc) is 2.78. The van der Waals surface area contributed by atoms with Gasteiger partial charge < -0.3 is 24.3 Å². The molecule has 8 heteroatoms. The minimum absolute atomic E-state index is 0.317. The molecule has 1 aliphatic heterocycles. The highest BCUT2D eigenvalue weighted by molar-refractivity contribution is 5.74. The minimum atomic E-state index is -0.317. The Kier molecular flexibility index (Phi) is 5.22. The Hall–Kier alpha value is -3.68. The van der Waals surface area contributed by atoms with Gasteiger partial charge in [0.05, 0.1) is 39.8 Å². The molecule has 0 radical (unpaired) electrons. The monoisotopic (exact) mass is 409 g/mol.